The predicted molar refractivity (Wildman–Crippen MR) is 91.5 cm³/mol. The third-order valence-electron chi connectivity index (χ3n) is 4.34. The van der Waals surface area contributed by atoms with E-state index in [0.29, 0.717) is 19.0 Å². The van der Waals surface area contributed by atoms with Gasteiger partial charge in [-0.25, -0.2) is 13.6 Å². The molecule has 7 heteroatoms. The van der Waals surface area contributed by atoms with Crippen molar-refractivity contribution < 1.29 is 13.5 Å². The third kappa shape index (κ3) is 6.19. The van der Waals surface area contributed by atoms with E-state index in [1.165, 1.54) is 0 Å². The van der Waals surface area contributed by atoms with Crippen LogP contribution >= 0.6 is 0 Å². The Balaban J connectivity index is 1.78. The van der Waals surface area contributed by atoms with Gasteiger partial charge in [-0.15, -0.1) is 0 Å². The monoisotopic (exact) mass is 341 g/mol. The summed E-state index contributed by atoms with van der Waals surface area (Å²) in [5, 5.41) is 15.4. The number of aliphatic hydroxyl groups is 1. The van der Waals surface area contributed by atoms with Crippen molar-refractivity contribution in [1.82, 2.24) is 9.80 Å². The molecule has 23 heavy (non-hydrogen) atoms. The molecule has 0 unspecified atom stereocenters. The van der Waals surface area contributed by atoms with Crippen molar-refractivity contribution in [3.63, 3.8) is 0 Å². The van der Waals surface area contributed by atoms with Gasteiger partial charge in [0.25, 0.3) is 0 Å². The Morgan fingerprint density at radius 2 is 2.00 bits per heavy atom. The Morgan fingerprint density at radius 3 is 2.61 bits per heavy atom. The van der Waals surface area contributed by atoms with E-state index in [2.05, 4.69) is 16.7 Å². The summed E-state index contributed by atoms with van der Waals surface area (Å²) in [6.07, 6.45) is 0.0886. The lowest BCUT2D eigenvalue weighted by atomic mass is 10.1. The summed E-state index contributed by atoms with van der Waals surface area (Å²) < 4.78 is 21.9. The molecule has 0 bridgehead atoms. The van der Waals surface area contributed by atoms with Crippen LogP contribution in [0.25, 0.3) is 0 Å². The second-order valence-corrected chi connectivity index (χ2v) is 8.03. The van der Waals surface area contributed by atoms with Gasteiger partial charge in [0, 0.05) is 32.2 Å². The molecule has 1 aliphatic rings. The van der Waals surface area contributed by atoms with Crippen molar-refractivity contribution in [3.05, 3.63) is 35.9 Å². The summed E-state index contributed by atoms with van der Waals surface area (Å²) in [4.78, 5) is 4.55. The molecule has 1 fully saturated rings. The number of sulfonamides is 1. The first-order valence-corrected chi connectivity index (χ1v) is 9.76. The van der Waals surface area contributed by atoms with Crippen molar-refractivity contribution in [2.45, 2.75) is 25.5 Å². The van der Waals surface area contributed by atoms with Crippen molar-refractivity contribution in [2.75, 3.05) is 38.5 Å². The zero-order valence-electron chi connectivity index (χ0n) is 13.6. The fraction of sp³-hybridized carbons (Fsp3) is 0.625. The van der Waals surface area contributed by atoms with Crippen LogP contribution in [0, 0.1) is 0 Å². The van der Waals surface area contributed by atoms with Gasteiger partial charge in [0.15, 0.2) is 0 Å². The first kappa shape index (κ1) is 18.4. The predicted octanol–water partition coefficient (Wildman–Crippen LogP) is 0.405. The maximum absolute atomic E-state index is 11.0. The molecule has 3 N–H and O–H groups in total. The second-order valence-electron chi connectivity index (χ2n) is 6.29. The van der Waals surface area contributed by atoms with Gasteiger partial charge in [-0.2, -0.15) is 0 Å². The summed E-state index contributed by atoms with van der Waals surface area (Å²) in [7, 11) is -3.37. The summed E-state index contributed by atoms with van der Waals surface area (Å²) in [5.41, 5.74) is 0.940. The van der Waals surface area contributed by atoms with Crippen LogP contribution in [0.3, 0.4) is 0 Å². The van der Waals surface area contributed by atoms with Gasteiger partial charge in [0.2, 0.25) is 10.0 Å². The highest BCUT2D eigenvalue weighted by atomic mass is 32.2. The molecule has 0 saturated carbocycles. The van der Waals surface area contributed by atoms with E-state index in [4.69, 9.17) is 5.14 Å². The number of nitrogens with zero attached hydrogens (tertiary/aromatic N) is 2. The third-order valence-corrected chi connectivity index (χ3v) is 5.20. The summed E-state index contributed by atoms with van der Waals surface area (Å²) in [6, 6.07) is 10.0. The first-order valence-electron chi connectivity index (χ1n) is 8.05. The molecule has 2 atom stereocenters. The molecule has 0 aromatic heterocycles. The van der Waals surface area contributed by atoms with Crippen molar-refractivity contribution in [2.24, 2.45) is 5.14 Å². The highest BCUT2D eigenvalue weighted by molar-refractivity contribution is 7.89. The number of benzene rings is 1. The number of rotatable bonds is 7. The average molecular weight is 341 g/mol. The maximum atomic E-state index is 11.0. The summed E-state index contributed by atoms with van der Waals surface area (Å²) in [6.45, 7) is 6.15. The van der Waals surface area contributed by atoms with Crippen LogP contribution in [-0.2, 0) is 10.0 Å². The normalized spacial score (nSPS) is 22.1. The van der Waals surface area contributed by atoms with Gasteiger partial charge < -0.3 is 10.0 Å². The van der Waals surface area contributed by atoms with Gasteiger partial charge in [0.05, 0.1) is 11.9 Å². The molecular formula is C16H27N3O3S. The molecule has 0 aliphatic carbocycles. The topological polar surface area (TPSA) is 86.9 Å². The number of aliphatic hydroxyl groups excluding tert-OH is 1. The maximum Gasteiger partial charge on any atom is 0.209 e. The Hall–Kier alpha value is -0.990. The lowest BCUT2D eigenvalue weighted by Gasteiger charge is -2.40. The van der Waals surface area contributed by atoms with E-state index in [9.17, 15) is 13.5 Å². The molecule has 1 saturated heterocycles. The lowest BCUT2D eigenvalue weighted by Crippen LogP contribution is -2.53. The fourth-order valence-electron chi connectivity index (χ4n) is 3.04. The standard InChI is InChI=1S/C16H27N3O3S/c1-14-12-18(8-5-11-23(17,21)22)9-10-19(14)13-16(20)15-6-3-2-4-7-15/h2-4,6-7,14,16,20H,5,8-13H2,1H3,(H2,17,21,22)/t14-,16+/m1/s1. The van der Waals surface area contributed by atoms with Crippen LogP contribution < -0.4 is 5.14 Å². The molecule has 2 rings (SSSR count). The Labute approximate surface area is 138 Å². The van der Waals surface area contributed by atoms with E-state index in [-0.39, 0.29) is 5.75 Å². The summed E-state index contributed by atoms with van der Waals surface area (Å²) in [5.74, 6) is 0.0360. The van der Waals surface area contributed by atoms with Gasteiger partial charge >= 0.3 is 0 Å². The Morgan fingerprint density at radius 1 is 1.30 bits per heavy atom. The zero-order chi connectivity index (χ0) is 16.9. The molecule has 1 aliphatic heterocycles. The fourth-order valence-corrected chi connectivity index (χ4v) is 3.57. The smallest absolute Gasteiger partial charge is 0.209 e. The number of hydrogen-bond acceptors (Lipinski definition) is 5. The zero-order valence-corrected chi connectivity index (χ0v) is 14.5. The van der Waals surface area contributed by atoms with Crippen LogP contribution in [0.4, 0.5) is 0 Å². The number of piperazine rings is 1. The molecular weight excluding hydrogens is 314 g/mol. The van der Waals surface area contributed by atoms with Crippen LogP contribution in [0.15, 0.2) is 30.3 Å². The van der Waals surface area contributed by atoms with Crippen molar-refractivity contribution in [3.8, 4) is 0 Å². The highest BCUT2D eigenvalue weighted by Gasteiger charge is 2.25. The van der Waals surface area contributed by atoms with Gasteiger partial charge in [-0.05, 0) is 25.5 Å². The number of nitrogens with two attached hydrogens (primary N) is 1. The van der Waals surface area contributed by atoms with E-state index in [1.807, 2.05) is 30.3 Å². The van der Waals surface area contributed by atoms with Crippen LogP contribution in [0.5, 0.6) is 0 Å². The lowest BCUT2D eigenvalue weighted by molar-refractivity contribution is 0.0390. The SMILES string of the molecule is C[C@@H]1CN(CCCS(N)(=O)=O)CCN1C[C@H](O)c1ccccc1. The number of hydrogen-bond donors (Lipinski definition) is 2. The molecule has 6 nitrogen and oxygen atoms in total. The molecule has 1 aromatic carbocycles. The molecule has 1 aromatic rings. The quantitative estimate of drug-likeness (QED) is 0.750. The van der Waals surface area contributed by atoms with Crippen LogP contribution in [-0.4, -0.2) is 67.8 Å². The minimum absolute atomic E-state index is 0.0360. The largest absolute Gasteiger partial charge is 0.387 e. The minimum atomic E-state index is -3.37. The average Bonchev–Trinajstić information content (AvgIpc) is 2.49. The van der Waals surface area contributed by atoms with E-state index in [0.717, 1.165) is 31.7 Å². The van der Waals surface area contributed by atoms with Crippen LogP contribution in [0.1, 0.15) is 25.0 Å². The number of β-amino-alcohol motifs (C(OH)–C–C–N with tert-alkyl or cyclic N) is 1. The molecule has 1 heterocycles. The van der Waals surface area contributed by atoms with Crippen molar-refractivity contribution in [1.29, 1.82) is 0 Å². The number of primary sulfonamides is 1. The highest BCUT2D eigenvalue weighted by Crippen LogP contribution is 2.17. The van der Waals surface area contributed by atoms with Gasteiger partial charge in [-0.1, -0.05) is 30.3 Å². The molecule has 0 amide bonds. The van der Waals surface area contributed by atoms with Gasteiger partial charge in [0.1, 0.15) is 0 Å². The summed E-state index contributed by atoms with van der Waals surface area (Å²) >= 11 is 0. The van der Waals surface area contributed by atoms with Crippen LogP contribution in [0.2, 0.25) is 0 Å². The van der Waals surface area contributed by atoms with E-state index >= 15 is 0 Å². The van der Waals surface area contributed by atoms with E-state index < -0.39 is 16.1 Å². The van der Waals surface area contributed by atoms with Crippen molar-refractivity contribution >= 4 is 10.0 Å². The Bertz CT molecular complexity index is 579. The molecule has 0 spiro atoms. The minimum Gasteiger partial charge on any atom is -0.387 e. The van der Waals surface area contributed by atoms with E-state index in [1.54, 1.807) is 0 Å². The van der Waals surface area contributed by atoms with Gasteiger partial charge in [-0.3, -0.25) is 4.90 Å². The Kier molecular flexibility index (Phi) is 6.55. The second kappa shape index (κ2) is 8.21. The first-order chi connectivity index (χ1) is 10.8. The molecule has 0 radical (unpaired) electrons. The molecule has 130 valence electrons.